The van der Waals surface area contributed by atoms with Crippen LogP contribution in [0, 0.1) is 5.82 Å². The van der Waals surface area contributed by atoms with E-state index in [0.29, 0.717) is 5.56 Å². The molecule has 2 aromatic rings. The molecular formula is C15H14FNO. The summed E-state index contributed by atoms with van der Waals surface area (Å²) in [6, 6.07) is 15.0. The van der Waals surface area contributed by atoms with Crippen LogP contribution in [-0.4, -0.2) is 5.91 Å². The Kier molecular flexibility index (Phi) is 3.72. The molecule has 2 aromatic carbocycles. The monoisotopic (exact) mass is 243 g/mol. The van der Waals surface area contributed by atoms with E-state index in [1.807, 2.05) is 25.1 Å². The van der Waals surface area contributed by atoms with Crippen LogP contribution >= 0.6 is 0 Å². The molecule has 0 radical (unpaired) electrons. The third-order valence-corrected chi connectivity index (χ3v) is 2.75. The molecule has 2 rings (SSSR count). The summed E-state index contributed by atoms with van der Waals surface area (Å²) in [5.74, 6) is -0.409. The summed E-state index contributed by atoms with van der Waals surface area (Å²) in [5.41, 5.74) is 1.49. The first-order valence-corrected chi connectivity index (χ1v) is 5.78. The molecule has 1 N–H and O–H groups in total. The lowest BCUT2D eigenvalue weighted by molar-refractivity contribution is 0.0940. The molecule has 2 nitrogen and oxygen atoms in total. The molecule has 0 aliphatic heterocycles. The van der Waals surface area contributed by atoms with E-state index in [-0.39, 0.29) is 17.8 Å². The van der Waals surface area contributed by atoms with E-state index in [0.717, 1.165) is 5.56 Å². The second-order valence-corrected chi connectivity index (χ2v) is 4.11. The second kappa shape index (κ2) is 5.45. The minimum Gasteiger partial charge on any atom is -0.346 e. The van der Waals surface area contributed by atoms with Gasteiger partial charge in [0.05, 0.1) is 6.04 Å². The van der Waals surface area contributed by atoms with Crippen LogP contribution in [0.5, 0.6) is 0 Å². The zero-order valence-electron chi connectivity index (χ0n) is 10.1. The van der Waals surface area contributed by atoms with Crippen LogP contribution in [0.3, 0.4) is 0 Å². The van der Waals surface area contributed by atoms with E-state index >= 15 is 0 Å². The molecule has 18 heavy (non-hydrogen) atoms. The Morgan fingerprint density at radius 2 is 1.67 bits per heavy atom. The van der Waals surface area contributed by atoms with Crippen molar-refractivity contribution in [2.24, 2.45) is 0 Å². The molecule has 0 heterocycles. The maximum atomic E-state index is 12.8. The van der Waals surface area contributed by atoms with E-state index < -0.39 is 0 Å². The lowest BCUT2D eigenvalue weighted by atomic mass is 10.1. The number of hydrogen-bond acceptors (Lipinski definition) is 1. The minimum absolute atomic E-state index is 0.132. The normalized spacial score (nSPS) is 11.9. The lowest BCUT2D eigenvalue weighted by Gasteiger charge is -2.14. The Morgan fingerprint density at radius 3 is 2.28 bits per heavy atom. The lowest BCUT2D eigenvalue weighted by Crippen LogP contribution is -2.26. The fraction of sp³-hybridized carbons (Fsp3) is 0.133. The zero-order valence-corrected chi connectivity index (χ0v) is 10.1. The summed E-state index contributed by atoms with van der Waals surface area (Å²) in [6.07, 6.45) is 0. The van der Waals surface area contributed by atoms with Crippen LogP contribution in [0.4, 0.5) is 4.39 Å². The molecule has 0 spiro atoms. The highest BCUT2D eigenvalue weighted by molar-refractivity contribution is 5.94. The molecule has 3 heteroatoms. The first-order valence-electron chi connectivity index (χ1n) is 5.78. The van der Waals surface area contributed by atoms with Gasteiger partial charge in [0, 0.05) is 5.56 Å². The Bertz CT molecular complexity index is 522. The number of amides is 1. The van der Waals surface area contributed by atoms with Gasteiger partial charge in [0.15, 0.2) is 0 Å². The van der Waals surface area contributed by atoms with Crippen LogP contribution in [0.25, 0.3) is 0 Å². The maximum Gasteiger partial charge on any atom is 0.251 e. The molecule has 0 saturated heterocycles. The van der Waals surface area contributed by atoms with E-state index in [1.165, 1.54) is 12.1 Å². The van der Waals surface area contributed by atoms with Gasteiger partial charge in [0.25, 0.3) is 5.91 Å². The predicted molar refractivity (Wildman–Crippen MR) is 68.7 cm³/mol. The van der Waals surface area contributed by atoms with Gasteiger partial charge in [0.1, 0.15) is 5.82 Å². The first kappa shape index (κ1) is 12.3. The van der Waals surface area contributed by atoms with Crippen molar-refractivity contribution < 1.29 is 9.18 Å². The highest BCUT2D eigenvalue weighted by atomic mass is 19.1. The number of halogens is 1. The molecular weight excluding hydrogens is 229 g/mol. The molecule has 0 aliphatic carbocycles. The highest BCUT2D eigenvalue weighted by Crippen LogP contribution is 2.13. The van der Waals surface area contributed by atoms with Gasteiger partial charge in [-0.05, 0) is 36.8 Å². The van der Waals surface area contributed by atoms with Crippen LogP contribution in [0.15, 0.2) is 54.6 Å². The third-order valence-electron chi connectivity index (χ3n) is 2.75. The summed E-state index contributed by atoms with van der Waals surface area (Å²) in [7, 11) is 0. The smallest absolute Gasteiger partial charge is 0.251 e. The third kappa shape index (κ3) is 2.94. The predicted octanol–water partition coefficient (Wildman–Crippen LogP) is 3.32. The Balaban J connectivity index is 2.06. The van der Waals surface area contributed by atoms with Gasteiger partial charge in [0.2, 0.25) is 0 Å². The molecule has 0 saturated carbocycles. The standard InChI is InChI=1S/C15H14FNO/c1-11(12-7-9-14(16)10-8-12)17-15(18)13-5-3-2-4-6-13/h2-11H,1H3,(H,17,18)/t11-/m0/s1. The number of benzene rings is 2. The topological polar surface area (TPSA) is 29.1 Å². The number of rotatable bonds is 3. The Labute approximate surface area is 105 Å². The zero-order chi connectivity index (χ0) is 13.0. The van der Waals surface area contributed by atoms with Crippen LogP contribution < -0.4 is 5.32 Å². The SMILES string of the molecule is C[C@H](NC(=O)c1ccccc1)c1ccc(F)cc1. The molecule has 1 amide bonds. The van der Waals surface area contributed by atoms with Crippen molar-refractivity contribution in [2.45, 2.75) is 13.0 Å². The molecule has 1 atom stereocenters. The van der Waals surface area contributed by atoms with E-state index in [2.05, 4.69) is 5.32 Å². The largest absolute Gasteiger partial charge is 0.346 e. The first-order chi connectivity index (χ1) is 8.66. The van der Waals surface area contributed by atoms with Gasteiger partial charge >= 0.3 is 0 Å². The average Bonchev–Trinajstić information content (AvgIpc) is 2.40. The fourth-order valence-electron chi connectivity index (χ4n) is 1.70. The summed E-state index contributed by atoms with van der Waals surface area (Å²) < 4.78 is 12.8. The molecule has 0 bridgehead atoms. The number of carbonyl (C=O) groups excluding carboxylic acids is 1. The van der Waals surface area contributed by atoms with Gasteiger partial charge < -0.3 is 5.32 Å². The molecule has 0 aliphatic rings. The van der Waals surface area contributed by atoms with Crippen LogP contribution in [0.2, 0.25) is 0 Å². The van der Waals surface area contributed by atoms with Crippen molar-refractivity contribution in [2.75, 3.05) is 0 Å². The fourth-order valence-corrected chi connectivity index (χ4v) is 1.70. The Morgan fingerprint density at radius 1 is 1.06 bits per heavy atom. The van der Waals surface area contributed by atoms with Gasteiger partial charge in [-0.1, -0.05) is 30.3 Å². The number of nitrogens with one attached hydrogen (secondary N) is 1. The van der Waals surface area contributed by atoms with Crippen molar-refractivity contribution in [1.29, 1.82) is 0 Å². The van der Waals surface area contributed by atoms with E-state index in [9.17, 15) is 9.18 Å². The van der Waals surface area contributed by atoms with Crippen LogP contribution in [0.1, 0.15) is 28.9 Å². The van der Waals surface area contributed by atoms with Gasteiger partial charge in [-0.3, -0.25) is 4.79 Å². The number of carbonyl (C=O) groups is 1. The second-order valence-electron chi connectivity index (χ2n) is 4.11. The summed E-state index contributed by atoms with van der Waals surface area (Å²) in [5, 5.41) is 2.87. The van der Waals surface area contributed by atoms with Crippen molar-refractivity contribution in [3.05, 3.63) is 71.5 Å². The minimum atomic E-state index is -0.277. The molecule has 0 unspecified atom stereocenters. The van der Waals surface area contributed by atoms with Gasteiger partial charge in [-0.15, -0.1) is 0 Å². The van der Waals surface area contributed by atoms with E-state index in [1.54, 1.807) is 24.3 Å². The quantitative estimate of drug-likeness (QED) is 0.880. The maximum absolute atomic E-state index is 12.8. The van der Waals surface area contributed by atoms with Crippen molar-refractivity contribution in [3.8, 4) is 0 Å². The highest BCUT2D eigenvalue weighted by Gasteiger charge is 2.10. The Hall–Kier alpha value is -2.16. The molecule has 0 fully saturated rings. The number of hydrogen-bond donors (Lipinski definition) is 1. The van der Waals surface area contributed by atoms with Gasteiger partial charge in [-0.25, -0.2) is 4.39 Å². The molecule has 92 valence electrons. The van der Waals surface area contributed by atoms with Crippen molar-refractivity contribution >= 4 is 5.91 Å². The summed E-state index contributed by atoms with van der Waals surface area (Å²) in [4.78, 5) is 11.9. The van der Waals surface area contributed by atoms with Crippen molar-refractivity contribution in [1.82, 2.24) is 5.32 Å². The van der Waals surface area contributed by atoms with Gasteiger partial charge in [-0.2, -0.15) is 0 Å². The summed E-state index contributed by atoms with van der Waals surface area (Å²) >= 11 is 0. The average molecular weight is 243 g/mol. The van der Waals surface area contributed by atoms with Crippen molar-refractivity contribution in [3.63, 3.8) is 0 Å². The van der Waals surface area contributed by atoms with Crippen LogP contribution in [-0.2, 0) is 0 Å². The summed E-state index contributed by atoms with van der Waals surface area (Å²) in [6.45, 7) is 1.87. The molecule has 0 aromatic heterocycles. The van der Waals surface area contributed by atoms with E-state index in [4.69, 9.17) is 0 Å².